The number of aryl methyl sites for hydroxylation is 1. The average molecular weight is 263 g/mol. The second-order valence-corrected chi connectivity index (χ2v) is 4.39. The molecule has 94 valence electrons. The third kappa shape index (κ3) is 2.84. The summed E-state index contributed by atoms with van der Waals surface area (Å²) in [6, 6.07) is 1.90. The van der Waals surface area contributed by atoms with E-state index < -0.39 is 0 Å². The molecular formula is C12H13N3O2S. The molecule has 2 aromatic rings. The van der Waals surface area contributed by atoms with Crippen LogP contribution in [0, 0.1) is 0 Å². The van der Waals surface area contributed by atoms with Gasteiger partial charge in [-0.1, -0.05) is 0 Å². The first-order valence-corrected chi connectivity index (χ1v) is 6.37. The first-order valence-electron chi connectivity index (χ1n) is 5.49. The van der Waals surface area contributed by atoms with E-state index in [2.05, 4.69) is 10.1 Å². The third-order valence-corrected chi connectivity index (χ3v) is 3.07. The van der Waals surface area contributed by atoms with Crippen molar-refractivity contribution >= 4 is 29.5 Å². The molecule has 0 N–H and O–H groups in total. The molecule has 2 aromatic heterocycles. The van der Waals surface area contributed by atoms with Crippen LogP contribution in [0.3, 0.4) is 0 Å². The second-order valence-electron chi connectivity index (χ2n) is 3.50. The Bertz CT molecular complexity index is 571. The summed E-state index contributed by atoms with van der Waals surface area (Å²) in [7, 11) is 1.87. The molecule has 0 atom stereocenters. The van der Waals surface area contributed by atoms with Crippen LogP contribution in [-0.2, 0) is 11.8 Å². The molecule has 0 bridgehead atoms. The largest absolute Gasteiger partial charge is 0.461 e. The van der Waals surface area contributed by atoms with Crippen LogP contribution in [-0.4, -0.2) is 27.3 Å². The summed E-state index contributed by atoms with van der Waals surface area (Å²) < 4.78 is 6.64. The predicted molar refractivity (Wildman–Crippen MR) is 70.2 cm³/mol. The molecule has 0 aliphatic carbocycles. The molecule has 0 radical (unpaired) electrons. The highest BCUT2D eigenvalue weighted by Crippen LogP contribution is 2.14. The van der Waals surface area contributed by atoms with Crippen molar-refractivity contribution in [3.05, 3.63) is 34.0 Å². The zero-order chi connectivity index (χ0) is 13.0. The summed E-state index contributed by atoms with van der Waals surface area (Å²) in [6.45, 7) is 2.13. The second kappa shape index (κ2) is 5.59. The van der Waals surface area contributed by atoms with Crippen molar-refractivity contribution in [2.45, 2.75) is 6.92 Å². The Morgan fingerprint density at radius 3 is 3.06 bits per heavy atom. The Morgan fingerprint density at radius 2 is 2.39 bits per heavy atom. The van der Waals surface area contributed by atoms with Crippen LogP contribution in [0.4, 0.5) is 0 Å². The van der Waals surface area contributed by atoms with E-state index in [1.54, 1.807) is 23.2 Å². The van der Waals surface area contributed by atoms with Gasteiger partial charge in [0.25, 0.3) is 0 Å². The maximum Gasteiger partial charge on any atom is 0.357 e. The highest BCUT2D eigenvalue weighted by Gasteiger charge is 2.09. The molecule has 0 saturated carbocycles. The lowest BCUT2D eigenvalue weighted by Crippen LogP contribution is -2.04. The number of ether oxygens (including phenoxy) is 1. The van der Waals surface area contributed by atoms with Gasteiger partial charge >= 0.3 is 5.97 Å². The van der Waals surface area contributed by atoms with Gasteiger partial charge in [-0.3, -0.25) is 4.68 Å². The number of hydrogen-bond acceptors (Lipinski definition) is 5. The van der Waals surface area contributed by atoms with E-state index in [0.717, 1.165) is 10.7 Å². The maximum absolute atomic E-state index is 11.4. The highest BCUT2D eigenvalue weighted by atomic mass is 32.1. The van der Waals surface area contributed by atoms with Gasteiger partial charge in [0.15, 0.2) is 5.69 Å². The third-order valence-electron chi connectivity index (χ3n) is 2.26. The Kier molecular flexibility index (Phi) is 3.88. The number of aromatic nitrogens is 3. The monoisotopic (exact) mass is 263 g/mol. The Balaban J connectivity index is 2.09. The summed E-state index contributed by atoms with van der Waals surface area (Å²) >= 11 is 1.40. The molecule has 5 nitrogen and oxygen atoms in total. The Morgan fingerprint density at radius 1 is 1.56 bits per heavy atom. The van der Waals surface area contributed by atoms with Crippen molar-refractivity contribution < 1.29 is 9.53 Å². The van der Waals surface area contributed by atoms with E-state index in [1.807, 2.05) is 25.3 Å². The van der Waals surface area contributed by atoms with Crippen molar-refractivity contribution in [3.63, 3.8) is 0 Å². The van der Waals surface area contributed by atoms with Gasteiger partial charge in [-0.05, 0) is 25.1 Å². The minimum absolute atomic E-state index is 0.353. The van der Waals surface area contributed by atoms with Gasteiger partial charge in [0, 0.05) is 18.6 Å². The van der Waals surface area contributed by atoms with Crippen LogP contribution in [0.5, 0.6) is 0 Å². The van der Waals surface area contributed by atoms with Gasteiger partial charge in [-0.2, -0.15) is 5.10 Å². The smallest absolute Gasteiger partial charge is 0.357 e. The van der Waals surface area contributed by atoms with E-state index in [9.17, 15) is 4.79 Å². The molecule has 0 aliphatic heterocycles. The van der Waals surface area contributed by atoms with Crippen molar-refractivity contribution in [3.8, 4) is 0 Å². The van der Waals surface area contributed by atoms with Crippen LogP contribution in [0.15, 0.2) is 17.6 Å². The fourth-order valence-electron chi connectivity index (χ4n) is 1.37. The summed E-state index contributed by atoms with van der Waals surface area (Å²) in [6.07, 6.45) is 5.48. The van der Waals surface area contributed by atoms with Crippen LogP contribution in [0.2, 0.25) is 0 Å². The number of carbonyl (C=O) groups is 1. The van der Waals surface area contributed by atoms with Gasteiger partial charge in [-0.15, -0.1) is 11.3 Å². The number of nitrogens with zero attached hydrogens (tertiary/aromatic N) is 3. The van der Waals surface area contributed by atoms with Crippen LogP contribution < -0.4 is 0 Å². The zero-order valence-corrected chi connectivity index (χ0v) is 11.0. The van der Waals surface area contributed by atoms with E-state index in [4.69, 9.17) is 4.74 Å². The van der Waals surface area contributed by atoms with E-state index in [0.29, 0.717) is 12.3 Å². The van der Waals surface area contributed by atoms with Crippen molar-refractivity contribution in [1.82, 2.24) is 14.8 Å². The molecule has 2 heterocycles. The van der Waals surface area contributed by atoms with Gasteiger partial charge in [0.1, 0.15) is 5.01 Å². The maximum atomic E-state index is 11.4. The molecule has 2 rings (SSSR count). The zero-order valence-electron chi connectivity index (χ0n) is 10.2. The first kappa shape index (κ1) is 12.5. The predicted octanol–water partition coefficient (Wildman–Crippen LogP) is 2.22. The molecule has 0 unspecified atom stereocenters. The van der Waals surface area contributed by atoms with Gasteiger partial charge in [-0.25, -0.2) is 9.78 Å². The van der Waals surface area contributed by atoms with Gasteiger partial charge < -0.3 is 4.74 Å². The number of esters is 1. The lowest BCUT2D eigenvalue weighted by atomic mass is 10.4. The van der Waals surface area contributed by atoms with Crippen molar-refractivity contribution in [2.24, 2.45) is 7.05 Å². The molecule has 0 spiro atoms. The SMILES string of the molecule is CCOC(=O)c1csc(/C=C/c2ccnn2C)n1. The van der Waals surface area contributed by atoms with Gasteiger partial charge in [0.2, 0.25) is 0 Å². The molecule has 18 heavy (non-hydrogen) atoms. The van der Waals surface area contributed by atoms with Crippen molar-refractivity contribution in [1.29, 1.82) is 0 Å². The quantitative estimate of drug-likeness (QED) is 0.794. The minimum Gasteiger partial charge on any atom is -0.461 e. The molecule has 0 fully saturated rings. The number of carbonyl (C=O) groups excluding carboxylic acids is 1. The molecule has 6 heteroatoms. The normalized spacial score (nSPS) is 11.0. The van der Waals surface area contributed by atoms with Gasteiger partial charge in [0.05, 0.1) is 12.3 Å². The van der Waals surface area contributed by atoms with E-state index in [-0.39, 0.29) is 5.97 Å². The molecule has 0 aliphatic rings. The molecule has 0 saturated heterocycles. The summed E-state index contributed by atoms with van der Waals surface area (Å²) in [5.74, 6) is -0.381. The van der Waals surface area contributed by atoms with Crippen LogP contribution in [0.25, 0.3) is 12.2 Å². The van der Waals surface area contributed by atoms with E-state index >= 15 is 0 Å². The Hall–Kier alpha value is -1.95. The molecule has 0 aromatic carbocycles. The number of rotatable bonds is 4. The lowest BCUT2D eigenvalue weighted by Gasteiger charge is -1.95. The standard InChI is InChI=1S/C12H13N3O2S/c1-3-17-12(16)10-8-18-11(14-10)5-4-9-6-7-13-15(9)2/h4-8H,3H2,1-2H3/b5-4+. The van der Waals surface area contributed by atoms with Crippen molar-refractivity contribution in [2.75, 3.05) is 6.61 Å². The average Bonchev–Trinajstić information content (AvgIpc) is 2.96. The molecular weight excluding hydrogens is 250 g/mol. The lowest BCUT2D eigenvalue weighted by molar-refractivity contribution is 0.0520. The summed E-state index contributed by atoms with van der Waals surface area (Å²) in [4.78, 5) is 15.6. The topological polar surface area (TPSA) is 57.0 Å². The fraction of sp³-hybridized carbons (Fsp3) is 0.250. The first-order chi connectivity index (χ1) is 8.70. The number of hydrogen-bond donors (Lipinski definition) is 0. The summed E-state index contributed by atoms with van der Waals surface area (Å²) in [5.41, 5.74) is 1.33. The highest BCUT2D eigenvalue weighted by molar-refractivity contribution is 7.10. The van der Waals surface area contributed by atoms with E-state index in [1.165, 1.54) is 11.3 Å². The minimum atomic E-state index is -0.381. The number of thiazole rings is 1. The fourth-order valence-corrected chi connectivity index (χ4v) is 2.05. The Labute approximate surface area is 109 Å². The van der Waals surface area contributed by atoms with Crippen LogP contribution >= 0.6 is 11.3 Å². The molecule has 0 amide bonds. The van der Waals surface area contributed by atoms with Crippen LogP contribution in [0.1, 0.15) is 28.1 Å². The summed E-state index contributed by atoms with van der Waals surface area (Å²) in [5, 5.41) is 6.52.